The topological polar surface area (TPSA) is 12.0 Å². The van der Waals surface area contributed by atoms with E-state index in [-0.39, 0.29) is 6.04 Å². The molecule has 0 saturated heterocycles. The fraction of sp³-hybridized carbons (Fsp3) is 0.294. The zero-order valence-electron chi connectivity index (χ0n) is 12.0. The Morgan fingerprint density at radius 1 is 1.15 bits per heavy atom. The summed E-state index contributed by atoms with van der Waals surface area (Å²) in [5.74, 6) is 0. The Kier molecular flexibility index (Phi) is 5.25. The van der Waals surface area contributed by atoms with Gasteiger partial charge in [-0.25, -0.2) is 0 Å². The third kappa shape index (κ3) is 3.43. The monoisotopic (exact) mass is 351 g/mol. The van der Waals surface area contributed by atoms with Crippen LogP contribution in [-0.4, -0.2) is 6.54 Å². The first-order chi connectivity index (χ1) is 9.52. The number of aryl methyl sites for hydroxylation is 2. The van der Waals surface area contributed by atoms with Crippen LogP contribution < -0.4 is 5.32 Å². The molecular formula is C17H19BrClN. The van der Waals surface area contributed by atoms with Crippen molar-refractivity contribution < 1.29 is 0 Å². The van der Waals surface area contributed by atoms with Crippen LogP contribution in [0.25, 0.3) is 0 Å². The molecule has 0 aliphatic carbocycles. The van der Waals surface area contributed by atoms with Crippen molar-refractivity contribution in [3.63, 3.8) is 0 Å². The fourth-order valence-corrected chi connectivity index (χ4v) is 2.95. The smallest absolute Gasteiger partial charge is 0.0588 e. The van der Waals surface area contributed by atoms with Gasteiger partial charge in [0.05, 0.1) is 6.04 Å². The Bertz CT molecular complexity index is 610. The first-order valence-corrected chi connectivity index (χ1v) is 7.95. The number of rotatable bonds is 4. The van der Waals surface area contributed by atoms with Gasteiger partial charge < -0.3 is 5.32 Å². The van der Waals surface area contributed by atoms with E-state index in [4.69, 9.17) is 11.6 Å². The Morgan fingerprint density at radius 3 is 2.55 bits per heavy atom. The van der Waals surface area contributed by atoms with Gasteiger partial charge in [0.15, 0.2) is 0 Å². The molecule has 2 aromatic carbocycles. The van der Waals surface area contributed by atoms with E-state index in [2.05, 4.69) is 71.5 Å². The SMILES string of the molecule is CCNC(c1ccc(C)c(Cl)c1)c1cc(C)ccc1Br. The highest BCUT2D eigenvalue weighted by molar-refractivity contribution is 9.10. The largest absolute Gasteiger partial charge is 0.306 e. The maximum absolute atomic E-state index is 6.28. The second-order valence-corrected chi connectivity index (χ2v) is 6.29. The van der Waals surface area contributed by atoms with Crippen molar-refractivity contribution in [2.75, 3.05) is 6.54 Å². The van der Waals surface area contributed by atoms with Crippen molar-refractivity contribution >= 4 is 27.5 Å². The number of hydrogen-bond donors (Lipinski definition) is 1. The van der Waals surface area contributed by atoms with Gasteiger partial charge in [-0.2, -0.15) is 0 Å². The molecule has 3 heteroatoms. The number of hydrogen-bond acceptors (Lipinski definition) is 1. The van der Waals surface area contributed by atoms with Gasteiger partial charge in [-0.1, -0.05) is 64.3 Å². The quantitative estimate of drug-likeness (QED) is 0.775. The molecular weight excluding hydrogens is 334 g/mol. The average molecular weight is 353 g/mol. The van der Waals surface area contributed by atoms with Gasteiger partial charge in [0.2, 0.25) is 0 Å². The van der Waals surface area contributed by atoms with Gasteiger partial charge in [-0.15, -0.1) is 0 Å². The summed E-state index contributed by atoms with van der Waals surface area (Å²) in [6.07, 6.45) is 0. The van der Waals surface area contributed by atoms with Crippen molar-refractivity contribution in [2.45, 2.75) is 26.8 Å². The van der Waals surface area contributed by atoms with Crippen LogP contribution in [0.5, 0.6) is 0 Å². The van der Waals surface area contributed by atoms with Crippen molar-refractivity contribution in [1.82, 2.24) is 5.32 Å². The third-order valence-electron chi connectivity index (χ3n) is 3.40. The lowest BCUT2D eigenvalue weighted by atomic mass is 9.96. The second-order valence-electron chi connectivity index (χ2n) is 5.02. The molecule has 0 aliphatic rings. The lowest BCUT2D eigenvalue weighted by Crippen LogP contribution is -2.22. The second kappa shape index (κ2) is 6.75. The van der Waals surface area contributed by atoms with Crippen molar-refractivity contribution in [1.29, 1.82) is 0 Å². The Hall–Kier alpha value is -0.830. The summed E-state index contributed by atoms with van der Waals surface area (Å²) in [7, 11) is 0. The van der Waals surface area contributed by atoms with Crippen LogP contribution in [0.3, 0.4) is 0 Å². The minimum Gasteiger partial charge on any atom is -0.306 e. The molecule has 0 saturated carbocycles. The van der Waals surface area contributed by atoms with E-state index in [1.807, 2.05) is 6.92 Å². The first-order valence-electron chi connectivity index (χ1n) is 6.78. The summed E-state index contributed by atoms with van der Waals surface area (Å²) < 4.78 is 1.12. The summed E-state index contributed by atoms with van der Waals surface area (Å²) in [5.41, 5.74) is 4.79. The highest BCUT2D eigenvalue weighted by Gasteiger charge is 2.16. The van der Waals surface area contributed by atoms with Gasteiger partial charge in [0.25, 0.3) is 0 Å². The van der Waals surface area contributed by atoms with E-state index in [9.17, 15) is 0 Å². The summed E-state index contributed by atoms with van der Waals surface area (Å²) in [6.45, 7) is 7.15. The average Bonchev–Trinajstić information content (AvgIpc) is 2.42. The highest BCUT2D eigenvalue weighted by atomic mass is 79.9. The standard InChI is InChI=1S/C17H19BrClN/c1-4-20-17(13-7-6-12(3)16(19)10-13)14-9-11(2)5-8-15(14)18/h5-10,17,20H,4H2,1-3H3. The lowest BCUT2D eigenvalue weighted by Gasteiger charge is -2.21. The van der Waals surface area contributed by atoms with Crippen molar-refractivity contribution in [3.8, 4) is 0 Å². The predicted molar refractivity (Wildman–Crippen MR) is 90.6 cm³/mol. The molecule has 1 nitrogen and oxygen atoms in total. The maximum Gasteiger partial charge on any atom is 0.0588 e. The van der Waals surface area contributed by atoms with Crippen LogP contribution in [-0.2, 0) is 0 Å². The molecule has 0 spiro atoms. The Balaban J connectivity index is 2.49. The van der Waals surface area contributed by atoms with Crippen LogP contribution in [0, 0.1) is 13.8 Å². The molecule has 0 heterocycles. The molecule has 0 amide bonds. The van der Waals surface area contributed by atoms with Gasteiger partial charge in [-0.05, 0) is 49.2 Å². The Morgan fingerprint density at radius 2 is 1.90 bits per heavy atom. The molecule has 0 aromatic heterocycles. The molecule has 1 atom stereocenters. The third-order valence-corrected chi connectivity index (χ3v) is 4.53. The molecule has 1 N–H and O–H groups in total. The van der Waals surface area contributed by atoms with Gasteiger partial charge in [0.1, 0.15) is 0 Å². The zero-order chi connectivity index (χ0) is 14.7. The summed E-state index contributed by atoms with van der Waals surface area (Å²) in [6, 6.07) is 12.8. The van der Waals surface area contributed by atoms with E-state index in [0.717, 1.165) is 21.6 Å². The summed E-state index contributed by atoms with van der Waals surface area (Å²) in [4.78, 5) is 0. The van der Waals surface area contributed by atoms with E-state index in [0.29, 0.717) is 0 Å². The van der Waals surface area contributed by atoms with Crippen LogP contribution in [0.2, 0.25) is 5.02 Å². The van der Waals surface area contributed by atoms with E-state index in [1.165, 1.54) is 16.7 Å². The summed E-state index contributed by atoms with van der Waals surface area (Å²) in [5, 5.41) is 4.36. The molecule has 20 heavy (non-hydrogen) atoms. The molecule has 0 fully saturated rings. The minimum atomic E-state index is 0.146. The fourth-order valence-electron chi connectivity index (χ4n) is 2.28. The van der Waals surface area contributed by atoms with E-state index < -0.39 is 0 Å². The molecule has 1 unspecified atom stereocenters. The number of nitrogens with one attached hydrogen (secondary N) is 1. The highest BCUT2D eigenvalue weighted by Crippen LogP contribution is 2.31. The van der Waals surface area contributed by atoms with Crippen LogP contribution in [0.15, 0.2) is 40.9 Å². The molecule has 0 aliphatic heterocycles. The molecule has 106 valence electrons. The van der Waals surface area contributed by atoms with Gasteiger partial charge in [0, 0.05) is 9.50 Å². The zero-order valence-corrected chi connectivity index (χ0v) is 14.3. The lowest BCUT2D eigenvalue weighted by molar-refractivity contribution is 0.628. The van der Waals surface area contributed by atoms with E-state index >= 15 is 0 Å². The minimum absolute atomic E-state index is 0.146. The Labute approximate surface area is 134 Å². The number of halogens is 2. The maximum atomic E-state index is 6.28. The molecule has 0 radical (unpaired) electrons. The van der Waals surface area contributed by atoms with Gasteiger partial charge >= 0.3 is 0 Å². The van der Waals surface area contributed by atoms with E-state index in [1.54, 1.807) is 0 Å². The molecule has 0 bridgehead atoms. The van der Waals surface area contributed by atoms with Gasteiger partial charge in [-0.3, -0.25) is 0 Å². The molecule has 2 aromatic rings. The normalized spacial score (nSPS) is 12.4. The van der Waals surface area contributed by atoms with Crippen molar-refractivity contribution in [2.24, 2.45) is 0 Å². The molecule has 2 rings (SSSR count). The van der Waals surface area contributed by atoms with Crippen LogP contribution in [0.1, 0.15) is 35.2 Å². The van der Waals surface area contributed by atoms with Crippen molar-refractivity contribution in [3.05, 3.63) is 68.1 Å². The first kappa shape index (κ1) is 15.6. The number of benzene rings is 2. The summed E-state index contributed by atoms with van der Waals surface area (Å²) >= 11 is 9.94. The predicted octanol–water partition coefficient (Wildman–Crippen LogP) is 5.42. The van der Waals surface area contributed by atoms with Crippen LogP contribution in [0.4, 0.5) is 0 Å². The van der Waals surface area contributed by atoms with Crippen LogP contribution >= 0.6 is 27.5 Å².